The Hall–Kier alpha value is -0.810. The highest BCUT2D eigenvalue weighted by Crippen LogP contribution is 2.19. The molecule has 4 nitrogen and oxygen atoms in total. The number of carbonyl (C=O) groups excluding carboxylic acids is 1. The highest BCUT2D eigenvalue weighted by atomic mass is 35.5. The first-order valence-electron chi connectivity index (χ1n) is 7.89. The first-order valence-corrected chi connectivity index (χ1v) is 7.89. The lowest BCUT2D eigenvalue weighted by Crippen LogP contribution is -2.33. The van der Waals surface area contributed by atoms with Crippen LogP contribution in [-0.4, -0.2) is 48.9 Å². The number of nitrogens with two attached hydrogens (primary N) is 1. The van der Waals surface area contributed by atoms with E-state index in [0.717, 1.165) is 32.6 Å². The van der Waals surface area contributed by atoms with Crippen molar-refractivity contribution in [2.24, 2.45) is 11.7 Å². The number of hydrogen-bond donors (Lipinski definition) is 1. The van der Waals surface area contributed by atoms with Gasteiger partial charge in [0.15, 0.2) is 0 Å². The molecule has 1 unspecified atom stereocenters. The summed E-state index contributed by atoms with van der Waals surface area (Å²) in [5.41, 5.74) is 6.82. The minimum atomic E-state index is 0. The van der Waals surface area contributed by atoms with Gasteiger partial charge in [-0.1, -0.05) is 30.3 Å². The van der Waals surface area contributed by atoms with Crippen molar-refractivity contribution < 1.29 is 4.79 Å². The van der Waals surface area contributed by atoms with Crippen LogP contribution in [0.15, 0.2) is 30.3 Å². The molecule has 1 amide bonds. The number of hydrogen-bond acceptors (Lipinski definition) is 3. The lowest BCUT2D eigenvalue weighted by Gasteiger charge is -2.22. The van der Waals surface area contributed by atoms with Crippen LogP contribution in [0, 0.1) is 5.92 Å². The zero-order chi connectivity index (χ0) is 15.1. The molecule has 1 fully saturated rings. The van der Waals surface area contributed by atoms with E-state index in [1.54, 1.807) is 0 Å². The summed E-state index contributed by atoms with van der Waals surface area (Å²) in [7, 11) is 1.92. The Balaban J connectivity index is 0.00000242. The van der Waals surface area contributed by atoms with Gasteiger partial charge in [-0.15, -0.1) is 24.8 Å². The number of amides is 1. The molecule has 0 saturated carbocycles. The third kappa shape index (κ3) is 7.53. The molecule has 1 aliphatic rings. The second kappa shape index (κ2) is 11.7. The van der Waals surface area contributed by atoms with E-state index in [-0.39, 0.29) is 30.7 Å². The van der Waals surface area contributed by atoms with Crippen LogP contribution in [0.1, 0.15) is 24.8 Å². The summed E-state index contributed by atoms with van der Waals surface area (Å²) in [6, 6.07) is 10.6. The molecule has 1 saturated heterocycles. The van der Waals surface area contributed by atoms with Gasteiger partial charge < -0.3 is 10.6 Å². The predicted molar refractivity (Wildman–Crippen MR) is 100 cm³/mol. The van der Waals surface area contributed by atoms with Gasteiger partial charge in [-0.3, -0.25) is 9.69 Å². The number of likely N-dealkylation sites (tertiary alicyclic amines) is 1. The second-order valence-electron chi connectivity index (χ2n) is 6.04. The molecule has 23 heavy (non-hydrogen) atoms. The Morgan fingerprint density at radius 2 is 2.00 bits per heavy atom. The fourth-order valence-electron chi connectivity index (χ4n) is 2.98. The average molecular weight is 362 g/mol. The van der Waals surface area contributed by atoms with E-state index in [2.05, 4.69) is 35.2 Å². The fraction of sp³-hybridized carbons (Fsp3) is 0.588. The monoisotopic (exact) mass is 361 g/mol. The van der Waals surface area contributed by atoms with Crippen LogP contribution in [0.3, 0.4) is 0 Å². The van der Waals surface area contributed by atoms with Gasteiger partial charge in [-0.05, 0) is 37.4 Å². The zero-order valence-corrected chi connectivity index (χ0v) is 15.5. The van der Waals surface area contributed by atoms with Crippen molar-refractivity contribution in [2.75, 3.05) is 33.2 Å². The Morgan fingerprint density at radius 1 is 1.30 bits per heavy atom. The minimum Gasteiger partial charge on any atom is -0.345 e. The van der Waals surface area contributed by atoms with Crippen molar-refractivity contribution in [1.82, 2.24) is 9.80 Å². The largest absolute Gasteiger partial charge is 0.345 e. The van der Waals surface area contributed by atoms with Gasteiger partial charge in [0, 0.05) is 33.1 Å². The van der Waals surface area contributed by atoms with Crippen LogP contribution in [-0.2, 0) is 11.3 Å². The standard InChI is InChI=1S/C17H27N3O.2ClH/c1-19(17(21)8-5-10-18)12-16-9-11-20(14-16)13-15-6-3-2-4-7-15;;/h2-4,6-7,16H,5,8-14,18H2,1H3;2*1H. The lowest BCUT2D eigenvalue weighted by molar-refractivity contribution is -0.130. The molecule has 2 N–H and O–H groups in total. The summed E-state index contributed by atoms with van der Waals surface area (Å²) in [5, 5.41) is 0. The van der Waals surface area contributed by atoms with Crippen molar-refractivity contribution in [3.8, 4) is 0 Å². The molecule has 0 aromatic heterocycles. The Kier molecular flexibility index (Phi) is 11.3. The van der Waals surface area contributed by atoms with Crippen molar-refractivity contribution in [3.63, 3.8) is 0 Å². The van der Waals surface area contributed by atoms with Gasteiger partial charge in [0.1, 0.15) is 0 Å². The third-order valence-electron chi connectivity index (χ3n) is 4.17. The summed E-state index contributed by atoms with van der Waals surface area (Å²) >= 11 is 0. The maximum Gasteiger partial charge on any atom is 0.222 e. The molecule has 0 bridgehead atoms. The number of halogens is 2. The normalized spacial score (nSPS) is 17.2. The quantitative estimate of drug-likeness (QED) is 0.811. The van der Waals surface area contributed by atoms with E-state index in [0.29, 0.717) is 18.9 Å². The molecular formula is C17H29Cl2N3O. The van der Waals surface area contributed by atoms with Crippen molar-refractivity contribution >= 4 is 30.7 Å². The predicted octanol–water partition coefficient (Wildman–Crippen LogP) is 2.55. The van der Waals surface area contributed by atoms with E-state index in [1.165, 1.54) is 12.0 Å². The Labute approximate surface area is 152 Å². The van der Waals surface area contributed by atoms with Crippen molar-refractivity contribution in [3.05, 3.63) is 35.9 Å². The average Bonchev–Trinajstić information content (AvgIpc) is 2.92. The number of nitrogens with zero attached hydrogens (tertiary/aromatic N) is 2. The summed E-state index contributed by atoms with van der Waals surface area (Å²) < 4.78 is 0. The molecule has 0 radical (unpaired) electrons. The summed E-state index contributed by atoms with van der Waals surface area (Å²) in [6.07, 6.45) is 2.54. The van der Waals surface area contributed by atoms with Gasteiger partial charge >= 0.3 is 0 Å². The lowest BCUT2D eigenvalue weighted by atomic mass is 10.1. The molecule has 0 aliphatic carbocycles. The first kappa shape index (κ1) is 22.2. The maximum atomic E-state index is 11.9. The van der Waals surface area contributed by atoms with E-state index in [9.17, 15) is 4.79 Å². The number of benzene rings is 1. The molecule has 6 heteroatoms. The molecule has 132 valence electrons. The first-order chi connectivity index (χ1) is 10.2. The minimum absolute atomic E-state index is 0. The molecule has 0 spiro atoms. The SMILES string of the molecule is CN(CC1CCN(Cc2ccccc2)C1)C(=O)CCCN.Cl.Cl. The Morgan fingerprint density at radius 3 is 2.65 bits per heavy atom. The van der Waals surface area contributed by atoms with Crippen molar-refractivity contribution in [2.45, 2.75) is 25.8 Å². The number of carbonyl (C=O) groups is 1. The number of rotatable bonds is 7. The molecule has 1 aromatic rings. The van der Waals surface area contributed by atoms with E-state index in [1.807, 2.05) is 11.9 Å². The molecular weight excluding hydrogens is 333 g/mol. The van der Waals surface area contributed by atoms with E-state index >= 15 is 0 Å². The highest BCUT2D eigenvalue weighted by Gasteiger charge is 2.24. The zero-order valence-electron chi connectivity index (χ0n) is 13.8. The van der Waals surface area contributed by atoms with Crippen LogP contribution in [0.2, 0.25) is 0 Å². The molecule has 1 atom stereocenters. The second-order valence-corrected chi connectivity index (χ2v) is 6.04. The van der Waals surface area contributed by atoms with Gasteiger partial charge in [-0.2, -0.15) is 0 Å². The van der Waals surface area contributed by atoms with E-state index in [4.69, 9.17) is 5.73 Å². The topological polar surface area (TPSA) is 49.6 Å². The summed E-state index contributed by atoms with van der Waals surface area (Å²) in [5.74, 6) is 0.822. The third-order valence-corrected chi connectivity index (χ3v) is 4.17. The molecule has 1 aromatic carbocycles. The van der Waals surface area contributed by atoms with Crippen LogP contribution in [0.25, 0.3) is 0 Å². The van der Waals surface area contributed by atoms with Crippen LogP contribution in [0.4, 0.5) is 0 Å². The maximum absolute atomic E-state index is 11.9. The smallest absolute Gasteiger partial charge is 0.222 e. The molecule has 2 rings (SSSR count). The molecule has 1 heterocycles. The van der Waals surface area contributed by atoms with Gasteiger partial charge in [0.25, 0.3) is 0 Å². The summed E-state index contributed by atoms with van der Waals surface area (Å²) in [6.45, 7) is 4.69. The molecule has 1 aliphatic heterocycles. The van der Waals surface area contributed by atoms with Gasteiger partial charge in [0.2, 0.25) is 5.91 Å². The van der Waals surface area contributed by atoms with Gasteiger partial charge in [-0.25, -0.2) is 0 Å². The summed E-state index contributed by atoms with van der Waals surface area (Å²) in [4.78, 5) is 16.3. The fourth-order valence-corrected chi connectivity index (χ4v) is 2.98. The van der Waals surface area contributed by atoms with Crippen LogP contribution >= 0.6 is 24.8 Å². The van der Waals surface area contributed by atoms with E-state index < -0.39 is 0 Å². The highest BCUT2D eigenvalue weighted by molar-refractivity contribution is 5.85. The van der Waals surface area contributed by atoms with Crippen LogP contribution in [0.5, 0.6) is 0 Å². The van der Waals surface area contributed by atoms with Crippen LogP contribution < -0.4 is 5.73 Å². The van der Waals surface area contributed by atoms with Gasteiger partial charge in [0.05, 0.1) is 0 Å². The Bertz CT molecular complexity index is 445. The van der Waals surface area contributed by atoms with Crippen molar-refractivity contribution in [1.29, 1.82) is 0 Å².